The molecule has 0 aliphatic carbocycles. The van der Waals surface area contributed by atoms with Crippen molar-refractivity contribution in [2.24, 2.45) is 5.73 Å². The molecule has 0 bridgehead atoms. The van der Waals surface area contributed by atoms with Gasteiger partial charge in [-0.25, -0.2) is 9.97 Å². The van der Waals surface area contributed by atoms with Crippen LogP contribution in [0.5, 0.6) is 0 Å². The Morgan fingerprint density at radius 3 is 2.75 bits per heavy atom. The summed E-state index contributed by atoms with van der Waals surface area (Å²) in [6.07, 6.45) is 5.82. The largest absolute Gasteiger partial charge is 0.395 e. The predicted octanol–water partition coefficient (Wildman–Crippen LogP) is 3.23. The van der Waals surface area contributed by atoms with E-state index in [1.54, 1.807) is 6.20 Å². The number of aliphatic hydroxyl groups excluding tert-OH is 1. The van der Waals surface area contributed by atoms with Crippen molar-refractivity contribution in [2.75, 3.05) is 23.8 Å². The van der Waals surface area contributed by atoms with E-state index in [-0.39, 0.29) is 18.2 Å². The molecule has 0 saturated carbocycles. The third kappa shape index (κ3) is 4.99. The average molecular weight is 383 g/mol. The smallest absolute Gasteiger partial charge is 0.134 e. The molecular formula is C21H30N6O. The van der Waals surface area contributed by atoms with E-state index in [2.05, 4.69) is 47.4 Å². The second-order valence-electron chi connectivity index (χ2n) is 8.20. The summed E-state index contributed by atoms with van der Waals surface area (Å²) >= 11 is 0. The molecule has 1 aliphatic rings. The molecule has 0 radical (unpaired) electrons. The van der Waals surface area contributed by atoms with Crippen LogP contribution in [0.2, 0.25) is 0 Å². The topological polar surface area (TPSA) is 99.3 Å². The molecule has 1 atom stereocenters. The lowest BCUT2D eigenvalue weighted by Crippen LogP contribution is -2.30. The lowest BCUT2D eigenvalue weighted by molar-refractivity contribution is 0.232. The standard InChI is InChI=1S/C21H30N6O/c1-14(22)15-5-7-23-18(11-15)24-19-12-16-6-8-27(9-10-28)13-17(16)20(25-19)26-21(2,3)4/h5-8,11-12,14,28H,9-10,13,22H2,1-4H3,(H2,23,24,25,26). The minimum absolute atomic E-state index is 0.0569. The minimum atomic E-state index is -0.129. The van der Waals surface area contributed by atoms with Gasteiger partial charge in [-0.2, -0.15) is 0 Å². The molecule has 3 heterocycles. The SMILES string of the molecule is CC(N)c1ccnc(Nc2cc3c(c(NC(C)(C)C)n2)CN(CCO)C=C3)c1. The number of fused-ring (bicyclic) bond motifs is 1. The summed E-state index contributed by atoms with van der Waals surface area (Å²) in [6.45, 7) is 9.70. The molecule has 5 N–H and O–H groups in total. The Labute approximate surface area is 166 Å². The van der Waals surface area contributed by atoms with Crippen LogP contribution in [0.1, 0.15) is 50.4 Å². The Morgan fingerprint density at radius 1 is 1.29 bits per heavy atom. The van der Waals surface area contributed by atoms with Crippen LogP contribution in [0.15, 0.2) is 30.6 Å². The Hall–Kier alpha value is -2.64. The Bertz CT molecular complexity index is 856. The fraction of sp³-hybridized carbons (Fsp3) is 0.429. The highest BCUT2D eigenvalue weighted by atomic mass is 16.3. The highest BCUT2D eigenvalue weighted by molar-refractivity contribution is 5.69. The second kappa shape index (κ2) is 8.16. The van der Waals surface area contributed by atoms with Crippen molar-refractivity contribution in [3.63, 3.8) is 0 Å². The fourth-order valence-electron chi connectivity index (χ4n) is 3.08. The number of aromatic nitrogens is 2. The van der Waals surface area contributed by atoms with Crippen LogP contribution >= 0.6 is 0 Å². The molecule has 2 aromatic rings. The minimum Gasteiger partial charge on any atom is -0.395 e. The highest BCUT2D eigenvalue weighted by Gasteiger charge is 2.20. The third-order valence-electron chi connectivity index (χ3n) is 4.43. The number of nitrogens with one attached hydrogen (secondary N) is 2. The van der Waals surface area contributed by atoms with Gasteiger partial charge in [0.25, 0.3) is 0 Å². The lowest BCUT2D eigenvalue weighted by atomic mass is 10.0. The van der Waals surface area contributed by atoms with Gasteiger partial charge >= 0.3 is 0 Å². The van der Waals surface area contributed by atoms with Crippen LogP contribution in [0.3, 0.4) is 0 Å². The first-order valence-corrected chi connectivity index (χ1v) is 9.59. The summed E-state index contributed by atoms with van der Waals surface area (Å²) in [5, 5.41) is 16.1. The van der Waals surface area contributed by atoms with Crippen LogP contribution < -0.4 is 16.4 Å². The number of anilines is 3. The van der Waals surface area contributed by atoms with Crippen molar-refractivity contribution >= 4 is 23.5 Å². The number of nitrogens with two attached hydrogens (primary N) is 1. The number of hydrogen-bond donors (Lipinski definition) is 4. The summed E-state index contributed by atoms with van der Waals surface area (Å²) in [6, 6.07) is 5.83. The molecule has 2 aromatic heterocycles. The molecule has 0 amide bonds. The molecule has 7 nitrogen and oxygen atoms in total. The van der Waals surface area contributed by atoms with Crippen molar-refractivity contribution in [1.29, 1.82) is 0 Å². The fourth-order valence-corrected chi connectivity index (χ4v) is 3.08. The molecule has 7 heteroatoms. The van der Waals surface area contributed by atoms with Crippen LogP contribution in [-0.4, -0.2) is 38.7 Å². The van der Waals surface area contributed by atoms with E-state index in [0.717, 1.165) is 28.3 Å². The van der Waals surface area contributed by atoms with Crippen molar-refractivity contribution < 1.29 is 5.11 Å². The molecule has 3 rings (SSSR count). The maximum Gasteiger partial charge on any atom is 0.134 e. The van der Waals surface area contributed by atoms with E-state index in [0.29, 0.717) is 18.9 Å². The number of rotatable bonds is 6. The van der Waals surface area contributed by atoms with Gasteiger partial charge in [-0.15, -0.1) is 0 Å². The van der Waals surface area contributed by atoms with Crippen LogP contribution in [0.25, 0.3) is 6.08 Å². The highest BCUT2D eigenvalue weighted by Crippen LogP contribution is 2.30. The first kappa shape index (κ1) is 20.1. The summed E-state index contributed by atoms with van der Waals surface area (Å²) in [5.41, 5.74) is 9.09. The number of aliphatic hydroxyl groups is 1. The van der Waals surface area contributed by atoms with E-state index in [4.69, 9.17) is 10.7 Å². The van der Waals surface area contributed by atoms with Crippen molar-refractivity contribution in [1.82, 2.24) is 14.9 Å². The van der Waals surface area contributed by atoms with E-state index in [1.165, 1.54) is 0 Å². The average Bonchev–Trinajstić information content (AvgIpc) is 2.61. The first-order valence-electron chi connectivity index (χ1n) is 9.59. The molecule has 0 spiro atoms. The van der Waals surface area contributed by atoms with E-state index >= 15 is 0 Å². The third-order valence-corrected chi connectivity index (χ3v) is 4.43. The zero-order chi connectivity index (χ0) is 20.3. The Morgan fingerprint density at radius 2 is 2.07 bits per heavy atom. The monoisotopic (exact) mass is 382 g/mol. The van der Waals surface area contributed by atoms with Crippen molar-refractivity contribution in [3.05, 3.63) is 47.3 Å². The van der Waals surface area contributed by atoms with Gasteiger partial charge < -0.3 is 26.4 Å². The van der Waals surface area contributed by atoms with Gasteiger partial charge in [0.05, 0.1) is 6.61 Å². The van der Waals surface area contributed by atoms with E-state index in [9.17, 15) is 5.11 Å². The van der Waals surface area contributed by atoms with Crippen LogP contribution in [0.4, 0.5) is 17.5 Å². The summed E-state index contributed by atoms with van der Waals surface area (Å²) in [7, 11) is 0. The molecular weight excluding hydrogens is 352 g/mol. The number of β-amino-alcohol motifs (C(OH)–C–C–N with tert-alkyl or cyclic N) is 1. The van der Waals surface area contributed by atoms with E-state index in [1.807, 2.05) is 31.3 Å². The molecule has 0 saturated heterocycles. The lowest BCUT2D eigenvalue weighted by Gasteiger charge is -2.29. The summed E-state index contributed by atoms with van der Waals surface area (Å²) in [5.74, 6) is 2.27. The zero-order valence-electron chi connectivity index (χ0n) is 17.0. The molecule has 0 aromatic carbocycles. The molecule has 1 aliphatic heterocycles. The number of pyridine rings is 2. The predicted molar refractivity (Wildman–Crippen MR) is 114 cm³/mol. The maximum atomic E-state index is 9.26. The Kier molecular flexibility index (Phi) is 5.86. The molecule has 0 fully saturated rings. The van der Waals surface area contributed by atoms with Gasteiger partial charge in [0.2, 0.25) is 0 Å². The van der Waals surface area contributed by atoms with E-state index < -0.39 is 0 Å². The Balaban J connectivity index is 1.95. The normalized spacial score (nSPS) is 14.6. The van der Waals surface area contributed by atoms with Gasteiger partial charge in [0.1, 0.15) is 17.5 Å². The molecule has 1 unspecified atom stereocenters. The maximum absolute atomic E-state index is 9.26. The van der Waals surface area contributed by atoms with Crippen molar-refractivity contribution in [3.8, 4) is 0 Å². The number of hydrogen-bond acceptors (Lipinski definition) is 7. The quantitative estimate of drug-likeness (QED) is 0.609. The molecule has 150 valence electrons. The van der Waals surface area contributed by atoms with Gasteiger partial charge in [-0.1, -0.05) is 0 Å². The summed E-state index contributed by atoms with van der Waals surface area (Å²) in [4.78, 5) is 11.3. The van der Waals surface area contributed by atoms with Gasteiger partial charge in [0.15, 0.2) is 0 Å². The van der Waals surface area contributed by atoms with Crippen LogP contribution in [-0.2, 0) is 6.54 Å². The first-order chi connectivity index (χ1) is 13.2. The second-order valence-corrected chi connectivity index (χ2v) is 8.20. The zero-order valence-corrected chi connectivity index (χ0v) is 17.0. The number of nitrogens with zero attached hydrogens (tertiary/aromatic N) is 3. The summed E-state index contributed by atoms with van der Waals surface area (Å²) < 4.78 is 0. The van der Waals surface area contributed by atoms with Crippen LogP contribution in [0, 0.1) is 0 Å². The molecule has 28 heavy (non-hydrogen) atoms. The van der Waals surface area contributed by atoms with Crippen molar-refractivity contribution in [2.45, 2.75) is 45.8 Å². The van der Waals surface area contributed by atoms with Gasteiger partial charge in [-0.3, -0.25) is 0 Å². The van der Waals surface area contributed by atoms with Gasteiger partial charge in [-0.05, 0) is 63.1 Å². The van der Waals surface area contributed by atoms with Gasteiger partial charge in [0, 0.05) is 42.6 Å².